The maximum Gasteiger partial charge on any atom is 0.221 e. The third-order valence-corrected chi connectivity index (χ3v) is 3.72. The number of rotatable bonds is 10. The van der Waals surface area contributed by atoms with Gasteiger partial charge < -0.3 is 20.1 Å². The van der Waals surface area contributed by atoms with E-state index in [4.69, 9.17) is 9.47 Å². The Morgan fingerprint density at radius 2 is 1.92 bits per heavy atom. The summed E-state index contributed by atoms with van der Waals surface area (Å²) in [5.74, 6) is 1.67. The van der Waals surface area contributed by atoms with E-state index in [-0.39, 0.29) is 5.91 Å². The van der Waals surface area contributed by atoms with Crippen molar-refractivity contribution in [2.45, 2.75) is 19.8 Å². The van der Waals surface area contributed by atoms with Crippen LogP contribution in [0.3, 0.4) is 0 Å². The lowest BCUT2D eigenvalue weighted by Gasteiger charge is -2.12. The van der Waals surface area contributed by atoms with Crippen molar-refractivity contribution < 1.29 is 14.3 Å². The number of hydrogen-bond donors (Lipinski definition) is 2. The highest BCUT2D eigenvalue weighted by molar-refractivity contribution is 5.76. The topological polar surface area (TPSA) is 59.6 Å². The smallest absolute Gasteiger partial charge is 0.221 e. The first-order valence-corrected chi connectivity index (χ1v) is 8.58. The van der Waals surface area contributed by atoms with Crippen molar-refractivity contribution in [1.82, 2.24) is 5.32 Å². The molecule has 0 saturated carbocycles. The first kappa shape index (κ1) is 18.6. The molecule has 0 atom stereocenters. The summed E-state index contributed by atoms with van der Waals surface area (Å²) in [6.07, 6.45) is 1.20. The van der Waals surface area contributed by atoms with Gasteiger partial charge in [0.2, 0.25) is 5.91 Å². The zero-order valence-electron chi connectivity index (χ0n) is 14.9. The van der Waals surface area contributed by atoms with Crippen LogP contribution in [0.2, 0.25) is 0 Å². The second-order valence-electron chi connectivity index (χ2n) is 5.56. The summed E-state index contributed by atoms with van der Waals surface area (Å²) >= 11 is 0. The number of amides is 1. The van der Waals surface area contributed by atoms with Crippen LogP contribution in [0.4, 0.5) is 5.69 Å². The monoisotopic (exact) mass is 342 g/mol. The molecule has 5 heteroatoms. The Kier molecular flexibility index (Phi) is 7.63. The fraction of sp³-hybridized carbons (Fsp3) is 0.350. The van der Waals surface area contributed by atoms with Crippen molar-refractivity contribution in [3.63, 3.8) is 0 Å². The van der Waals surface area contributed by atoms with Gasteiger partial charge in [0.15, 0.2) is 0 Å². The Bertz CT molecular complexity index is 673. The molecule has 2 rings (SSSR count). The van der Waals surface area contributed by atoms with Crippen molar-refractivity contribution in [3.05, 3.63) is 54.1 Å². The first-order valence-electron chi connectivity index (χ1n) is 8.58. The van der Waals surface area contributed by atoms with E-state index in [0.29, 0.717) is 26.1 Å². The van der Waals surface area contributed by atoms with Crippen LogP contribution in [0, 0.1) is 0 Å². The Labute approximate surface area is 149 Å². The minimum absolute atomic E-state index is 0.0317. The molecule has 0 unspecified atom stereocenters. The van der Waals surface area contributed by atoms with Gasteiger partial charge in [-0.1, -0.05) is 24.3 Å². The highest BCUT2D eigenvalue weighted by Crippen LogP contribution is 2.23. The molecule has 1 amide bonds. The summed E-state index contributed by atoms with van der Waals surface area (Å²) in [5, 5.41) is 6.19. The van der Waals surface area contributed by atoms with E-state index in [1.54, 1.807) is 7.11 Å². The first-order chi connectivity index (χ1) is 12.2. The summed E-state index contributed by atoms with van der Waals surface area (Å²) in [6.45, 7) is 3.74. The van der Waals surface area contributed by atoms with Crippen molar-refractivity contribution >= 4 is 11.6 Å². The number of hydrogen-bond acceptors (Lipinski definition) is 4. The lowest BCUT2D eigenvalue weighted by Crippen LogP contribution is -2.27. The average molecular weight is 342 g/mol. The number of anilines is 1. The Morgan fingerprint density at radius 3 is 2.72 bits per heavy atom. The summed E-state index contributed by atoms with van der Waals surface area (Å²) < 4.78 is 10.8. The zero-order chi connectivity index (χ0) is 17.9. The molecule has 0 aromatic heterocycles. The lowest BCUT2D eigenvalue weighted by molar-refractivity contribution is -0.120. The van der Waals surface area contributed by atoms with Gasteiger partial charge >= 0.3 is 0 Å². The quantitative estimate of drug-likeness (QED) is 0.696. The molecule has 0 aliphatic rings. The number of benzene rings is 2. The number of nitrogens with one attached hydrogen (secondary N) is 2. The van der Waals surface area contributed by atoms with Gasteiger partial charge in [0.1, 0.15) is 11.5 Å². The molecule has 0 radical (unpaired) electrons. The normalized spacial score (nSPS) is 10.2. The molecule has 0 heterocycles. The van der Waals surface area contributed by atoms with Crippen LogP contribution in [0.1, 0.15) is 18.9 Å². The Hall–Kier alpha value is -2.69. The number of carbonyl (C=O) groups is 1. The molecule has 0 bridgehead atoms. The van der Waals surface area contributed by atoms with Gasteiger partial charge in [-0.15, -0.1) is 0 Å². The maximum atomic E-state index is 12.0. The van der Waals surface area contributed by atoms with Crippen LogP contribution in [-0.2, 0) is 11.2 Å². The van der Waals surface area contributed by atoms with E-state index in [2.05, 4.69) is 10.6 Å². The van der Waals surface area contributed by atoms with Crippen molar-refractivity contribution in [1.29, 1.82) is 0 Å². The average Bonchev–Trinajstić information content (AvgIpc) is 2.63. The summed E-state index contributed by atoms with van der Waals surface area (Å²) in [6, 6.07) is 15.6. The van der Waals surface area contributed by atoms with Gasteiger partial charge in [-0.3, -0.25) is 4.79 Å². The Morgan fingerprint density at radius 1 is 1.08 bits per heavy atom. The fourth-order valence-corrected chi connectivity index (χ4v) is 2.47. The minimum Gasteiger partial charge on any atom is -0.497 e. The van der Waals surface area contributed by atoms with Crippen molar-refractivity contribution in [2.24, 2.45) is 0 Å². The van der Waals surface area contributed by atoms with Crippen LogP contribution in [0.15, 0.2) is 48.5 Å². The predicted molar refractivity (Wildman–Crippen MR) is 100 cm³/mol. The van der Waals surface area contributed by atoms with Crippen molar-refractivity contribution in [2.75, 3.05) is 32.1 Å². The van der Waals surface area contributed by atoms with Gasteiger partial charge in [0, 0.05) is 19.5 Å². The highest BCUT2D eigenvalue weighted by atomic mass is 16.5. The SMILES string of the molecule is CCOc1ccccc1NCCC(=O)NCCc1cccc(OC)c1. The van der Waals surface area contributed by atoms with E-state index in [1.165, 1.54) is 0 Å². The van der Waals surface area contributed by atoms with E-state index in [1.807, 2.05) is 55.5 Å². The third-order valence-electron chi connectivity index (χ3n) is 3.72. The molecular formula is C20H26N2O3. The predicted octanol–water partition coefficient (Wildman–Crippen LogP) is 3.25. The molecule has 0 saturated heterocycles. The lowest BCUT2D eigenvalue weighted by atomic mass is 10.1. The zero-order valence-corrected chi connectivity index (χ0v) is 14.9. The molecule has 134 valence electrons. The number of para-hydroxylation sites is 2. The van der Waals surface area contributed by atoms with E-state index in [9.17, 15) is 4.79 Å². The molecule has 0 aliphatic carbocycles. The number of ether oxygens (including phenoxy) is 2. The van der Waals surface area contributed by atoms with Gasteiger partial charge in [-0.25, -0.2) is 0 Å². The molecule has 0 spiro atoms. The Balaban J connectivity index is 1.69. The van der Waals surface area contributed by atoms with Gasteiger partial charge in [-0.05, 0) is 43.2 Å². The van der Waals surface area contributed by atoms with E-state index in [0.717, 1.165) is 29.2 Å². The minimum atomic E-state index is 0.0317. The number of methoxy groups -OCH3 is 1. The number of carbonyl (C=O) groups excluding carboxylic acids is 1. The molecule has 2 N–H and O–H groups in total. The maximum absolute atomic E-state index is 12.0. The summed E-state index contributed by atoms with van der Waals surface area (Å²) in [4.78, 5) is 12.0. The van der Waals surface area contributed by atoms with Crippen LogP contribution < -0.4 is 20.1 Å². The third kappa shape index (κ3) is 6.37. The van der Waals surface area contributed by atoms with E-state index < -0.39 is 0 Å². The van der Waals surface area contributed by atoms with Crippen molar-refractivity contribution in [3.8, 4) is 11.5 Å². The fourth-order valence-electron chi connectivity index (χ4n) is 2.47. The van der Waals surface area contributed by atoms with Crippen LogP contribution in [-0.4, -0.2) is 32.7 Å². The molecule has 0 fully saturated rings. The molecule has 0 aliphatic heterocycles. The molecule has 25 heavy (non-hydrogen) atoms. The molecule has 2 aromatic carbocycles. The molecule has 2 aromatic rings. The van der Waals surface area contributed by atoms with E-state index >= 15 is 0 Å². The highest BCUT2D eigenvalue weighted by Gasteiger charge is 2.04. The van der Waals surface area contributed by atoms with Crippen LogP contribution >= 0.6 is 0 Å². The standard InChI is InChI=1S/C20H26N2O3/c1-3-25-19-10-5-4-9-18(19)21-14-12-20(23)22-13-11-16-7-6-8-17(15-16)24-2/h4-10,15,21H,3,11-14H2,1-2H3,(H,22,23). The van der Waals surface area contributed by atoms with Crippen LogP contribution in [0.25, 0.3) is 0 Å². The molecule has 5 nitrogen and oxygen atoms in total. The van der Waals surface area contributed by atoms with Gasteiger partial charge in [0.25, 0.3) is 0 Å². The second kappa shape index (κ2) is 10.2. The second-order valence-corrected chi connectivity index (χ2v) is 5.56. The molecular weight excluding hydrogens is 316 g/mol. The summed E-state index contributed by atoms with van der Waals surface area (Å²) in [5.41, 5.74) is 2.05. The largest absolute Gasteiger partial charge is 0.497 e. The van der Waals surface area contributed by atoms with Crippen LogP contribution in [0.5, 0.6) is 11.5 Å². The van der Waals surface area contributed by atoms with Gasteiger partial charge in [0.05, 0.1) is 19.4 Å². The van der Waals surface area contributed by atoms with Gasteiger partial charge in [-0.2, -0.15) is 0 Å². The summed E-state index contributed by atoms with van der Waals surface area (Å²) in [7, 11) is 1.65.